The molecule has 1 aromatic heterocycles. The molecular formula is C18H33N3. The van der Waals surface area contributed by atoms with Crippen LogP contribution in [0.4, 0.5) is 0 Å². The zero-order valence-electron chi connectivity index (χ0n) is 14.7. The molecular weight excluding hydrogens is 258 g/mol. The Kier molecular flexibility index (Phi) is 5.48. The van der Waals surface area contributed by atoms with Gasteiger partial charge < -0.3 is 5.32 Å². The van der Waals surface area contributed by atoms with Gasteiger partial charge >= 0.3 is 0 Å². The van der Waals surface area contributed by atoms with Crippen LogP contribution in [0.15, 0.2) is 0 Å². The van der Waals surface area contributed by atoms with Gasteiger partial charge in [0, 0.05) is 18.8 Å². The second-order valence-electron chi connectivity index (χ2n) is 7.23. The van der Waals surface area contributed by atoms with Crippen molar-refractivity contribution in [3.8, 4) is 0 Å². The molecule has 1 heterocycles. The van der Waals surface area contributed by atoms with E-state index < -0.39 is 0 Å². The van der Waals surface area contributed by atoms with E-state index in [9.17, 15) is 0 Å². The molecule has 21 heavy (non-hydrogen) atoms. The molecule has 3 nitrogen and oxygen atoms in total. The van der Waals surface area contributed by atoms with Crippen molar-refractivity contribution >= 4 is 0 Å². The summed E-state index contributed by atoms with van der Waals surface area (Å²) in [5, 5.41) is 8.14. The van der Waals surface area contributed by atoms with Crippen LogP contribution in [0.1, 0.15) is 56.5 Å². The van der Waals surface area contributed by atoms with Crippen LogP contribution in [0.3, 0.4) is 0 Å². The molecule has 0 aromatic carbocycles. The topological polar surface area (TPSA) is 29.9 Å². The molecule has 0 aliphatic heterocycles. The molecule has 0 amide bonds. The van der Waals surface area contributed by atoms with Gasteiger partial charge in [-0.3, -0.25) is 4.68 Å². The van der Waals surface area contributed by atoms with E-state index in [1.54, 1.807) is 0 Å². The maximum Gasteiger partial charge on any atom is 0.0628 e. The van der Waals surface area contributed by atoms with E-state index in [1.165, 1.54) is 42.6 Å². The predicted molar refractivity (Wildman–Crippen MR) is 89.5 cm³/mol. The number of hydrogen-bond acceptors (Lipinski definition) is 2. The summed E-state index contributed by atoms with van der Waals surface area (Å²) in [6.45, 7) is 9.17. The van der Waals surface area contributed by atoms with Crippen molar-refractivity contribution in [1.29, 1.82) is 0 Å². The smallest absolute Gasteiger partial charge is 0.0628 e. The van der Waals surface area contributed by atoms with E-state index in [0.717, 1.165) is 24.2 Å². The lowest BCUT2D eigenvalue weighted by molar-refractivity contribution is 0.170. The molecule has 0 saturated heterocycles. The SMILES string of the molecule is CNC(CCc1c(C)nn(C)c1C)C1CCC(C)C(C)C1. The van der Waals surface area contributed by atoms with Crippen LogP contribution >= 0.6 is 0 Å². The molecule has 1 saturated carbocycles. The van der Waals surface area contributed by atoms with E-state index in [0.29, 0.717) is 6.04 Å². The van der Waals surface area contributed by atoms with Crippen LogP contribution in [-0.2, 0) is 13.5 Å². The summed E-state index contributed by atoms with van der Waals surface area (Å²) < 4.78 is 2.02. The lowest BCUT2D eigenvalue weighted by Crippen LogP contribution is -2.38. The lowest BCUT2D eigenvalue weighted by atomic mass is 9.72. The molecule has 3 heteroatoms. The van der Waals surface area contributed by atoms with Crippen molar-refractivity contribution in [3.63, 3.8) is 0 Å². The fraction of sp³-hybridized carbons (Fsp3) is 0.833. The lowest BCUT2D eigenvalue weighted by Gasteiger charge is -2.36. The fourth-order valence-corrected chi connectivity index (χ4v) is 4.05. The van der Waals surface area contributed by atoms with Gasteiger partial charge in [0.25, 0.3) is 0 Å². The Morgan fingerprint density at radius 2 is 1.95 bits per heavy atom. The van der Waals surface area contributed by atoms with Crippen LogP contribution in [0.2, 0.25) is 0 Å². The molecule has 4 atom stereocenters. The highest BCUT2D eigenvalue weighted by atomic mass is 15.3. The summed E-state index contributed by atoms with van der Waals surface area (Å²) in [5.74, 6) is 2.63. The van der Waals surface area contributed by atoms with Gasteiger partial charge in [-0.25, -0.2) is 0 Å². The number of hydrogen-bond donors (Lipinski definition) is 1. The Morgan fingerprint density at radius 3 is 2.48 bits per heavy atom. The predicted octanol–water partition coefficient (Wildman–Crippen LogP) is 3.63. The summed E-state index contributed by atoms with van der Waals surface area (Å²) in [7, 11) is 4.18. The zero-order chi connectivity index (χ0) is 15.6. The maximum absolute atomic E-state index is 4.55. The van der Waals surface area contributed by atoms with Gasteiger partial charge in [0.1, 0.15) is 0 Å². The van der Waals surface area contributed by atoms with Gasteiger partial charge in [-0.15, -0.1) is 0 Å². The third-order valence-corrected chi connectivity index (χ3v) is 5.94. The summed E-state index contributed by atoms with van der Waals surface area (Å²) in [5.41, 5.74) is 3.98. The number of nitrogens with one attached hydrogen (secondary N) is 1. The first-order valence-electron chi connectivity index (χ1n) is 8.60. The number of rotatable bonds is 5. The maximum atomic E-state index is 4.55. The Labute approximate surface area is 130 Å². The van der Waals surface area contributed by atoms with Crippen molar-refractivity contribution in [2.75, 3.05) is 7.05 Å². The molecule has 1 N–H and O–H groups in total. The summed E-state index contributed by atoms with van der Waals surface area (Å²) in [4.78, 5) is 0. The van der Waals surface area contributed by atoms with Gasteiger partial charge in [-0.2, -0.15) is 5.10 Å². The molecule has 120 valence electrons. The summed E-state index contributed by atoms with van der Waals surface area (Å²) >= 11 is 0. The molecule has 0 radical (unpaired) electrons. The highest BCUT2D eigenvalue weighted by Gasteiger charge is 2.29. The van der Waals surface area contributed by atoms with E-state index in [2.05, 4.69) is 45.2 Å². The molecule has 2 rings (SSSR count). The van der Waals surface area contributed by atoms with Gasteiger partial charge in [0.15, 0.2) is 0 Å². The van der Waals surface area contributed by atoms with Crippen LogP contribution in [0.25, 0.3) is 0 Å². The molecule has 4 unspecified atom stereocenters. The first-order chi connectivity index (χ1) is 9.93. The van der Waals surface area contributed by atoms with Gasteiger partial charge in [0.05, 0.1) is 5.69 Å². The number of aryl methyl sites for hydroxylation is 2. The Hall–Kier alpha value is -0.830. The van der Waals surface area contributed by atoms with Crippen LogP contribution in [0.5, 0.6) is 0 Å². The molecule has 0 bridgehead atoms. The quantitative estimate of drug-likeness (QED) is 0.898. The molecule has 1 aromatic rings. The van der Waals surface area contributed by atoms with E-state index in [4.69, 9.17) is 0 Å². The molecule has 1 fully saturated rings. The first-order valence-corrected chi connectivity index (χ1v) is 8.60. The second kappa shape index (κ2) is 6.95. The Bertz CT molecular complexity index is 463. The van der Waals surface area contributed by atoms with Crippen molar-refractivity contribution in [3.05, 3.63) is 17.0 Å². The minimum absolute atomic E-state index is 0.652. The largest absolute Gasteiger partial charge is 0.317 e. The summed E-state index contributed by atoms with van der Waals surface area (Å²) in [6.07, 6.45) is 6.56. The van der Waals surface area contributed by atoms with Crippen molar-refractivity contribution < 1.29 is 0 Å². The molecule has 1 aliphatic carbocycles. The normalized spacial score (nSPS) is 27.8. The van der Waals surface area contributed by atoms with E-state index in [1.807, 2.05) is 11.7 Å². The van der Waals surface area contributed by atoms with Crippen molar-refractivity contribution in [2.45, 2.75) is 65.8 Å². The average Bonchev–Trinajstić information content (AvgIpc) is 2.69. The third kappa shape index (κ3) is 3.68. The fourth-order valence-electron chi connectivity index (χ4n) is 4.05. The van der Waals surface area contributed by atoms with E-state index in [-0.39, 0.29) is 0 Å². The standard InChI is InChI=1S/C18H33N3/c1-12-7-8-16(11-13(12)2)18(19-5)10-9-17-14(3)20-21(6)15(17)4/h12-13,16,18-19H,7-11H2,1-6H3. The van der Waals surface area contributed by atoms with Gasteiger partial charge in [0.2, 0.25) is 0 Å². The Balaban J connectivity index is 1.96. The summed E-state index contributed by atoms with van der Waals surface area (Å²) in [6, 6.07) is 0.652. The highest BCUT2D eigenvalue weighted by Crippen LogP contribution is 2.36. The second-order valence-corrected chi connectivity index (χ2v) is 7.23. The van der Waals surface area contributed by atoms with Crippen LogP contribution < -0.4 is 5.32 Å². The molecule has 1 aliphatic rings. The Morgan fingerprint density at radius 1 is 1.24 bits per heavy atom. The third-order valence-electron chi connectivity index (χ3n) is 5.94. The highest BCUT2D eigenvalue weighted by molar-refractivity contribution is 5.24. The monoisotopic (exact) mass is 291 g/mol. The first kappa shape index (κ1) is 16.5. The number of aromatic nitrogens is 2. The van der Waals surface area contributed by atoms with Gasteiger partial charge in [-0.1, -0.05) is 20.3 Å². The molecule has 0 spiro atoms. The minimum atomic E-state index is 0.652. The zero-order valence-corrected chi connectivity index (χ0v) is 14.7. The van der Waals surface area contributed by atoms with E-state index >= 15 is 0 Å². The van der Waals surface area contributed by atoms with Crippen molar-refractivity contribution in [2.24, 2.45) is 24.8 Å². The average molecular weight is 291 g/mol. The van der Waals surface area contributed by atoms with Crippen molar-refractivity contribution in [1.82, 2.24) is 15.1 Å². The minimum Gasteiger partial charge on any atom is -0.317 e. The number of nitrogens with zero attached hydrogens (tertiary/aromatic N) is 2. The van der Waals surface area contributed by atoms with Crippen LogP contribution in [-0.4, -0.2) is 22.9 Å². The van der Waals surface area contributed by atoms with Gasteiger partial charge in [-0.05, 0) is 69.9 Å². The van der Waals surface area contributed by atoms with Crippen LogP contribution in [0, 0.1) is 31.6 Å².